The molecule has 0 aliphatic heterocycles. The van der Waals surface area contributed by atoms with Crippen LogP contribution in [0.5, 0.6) is 0 Å². The van der Waals surface area contributed by atoms with Crippen molar-refractivity contribution < 1.29 is 9.32 Å². The highest BCUT2D eigenvalue weighted by atomic mass is 79.9. The largest absolute Gasteiger partial charge is 0.338 e. The summed E-state index contributed by atoms with van der Waals surface area (Å²) in [5, 5.41) is 7.09. The standard InChI is InChI=1S/C13H12BrClN2O2/c1-7(2)11-6-12(19-17-11)16-13(18)9-4-3-8(15)5-10(9)14/h3-7H,1-2H3,(H,16,18). The van der Waals surface area contributed by atoms with Crippen LogP contribution in [0, 0.1) is 0 Å². The van der Waals surface area contributed by atoms with Crippen LogP contribution in [0.15, 0.2) is 33.3 Å². The molecule has 2 aromatic rings. The van der Waals surface area contributed by atoms with Crippen molar-refractivity contribution in [2.45, 2.75) is 19.8 Å². The van der Waals surface area contributed by atoms with Crippen LogP contribution in [0.3, 0.4) is 0 Å². The van der Waals surface area contributed by atoms with Gasteiger partial charge in [0, 0.05) is 15.6 Å². The summed E-state index contributed by atoms with van der Waals surface area (Å²) in [5.74, 6) is 0.294. The number of anilines is 1. The van der Waals surface area contributed by atoms with Crippen LogP contribution in [0.2, 0.25) is 5.02 Å². The van der Waals surface area contributed by atoms with Gasteiger partial charge in [-0.2, -0.15) is 0 Å². The zero-order valence-electron chi connectivity index (χ0n) is 10.4. The fourth-order valence-electron chi connectivity index (χ4n) is 1.47. The molecule has 0 aliphatic rings. The van der Waals surface area contributed by atoms with Crippen molar-refractivity contribution in [1.29, 1.82) is 0 Å². The normalized spacial score (nSPS) is 10.8. The topological polar surface area (TPSA) is 55.1 Å². The second-order valence-corrected chi connectivity index (χ2v) is 5.64. The molecular formula is C13H12BrClN2O2. The number of nitrogens with zero attached hydrogens (tertiary/aromatic N) is 1. The molecule has 0 saturated heterocycles. The molecule has 0 bridgehead atoms. The second-order valence-electron chi connectivity index (χ2n) is 4.35. The lowest BCUT2D eigenvalue weighted by Crippen LogP contribution is -2.11. The van der Waals surface area contributed by atoms with Crippen LogP contribution in [-0.2, 0) is 0 Å². The van der Waals surface area contributed by atoms with Gasteiger partial charge in [-0.3, -0.25) is 10.1 Å². The lowest BCUT2D eigenvalue weighted by atomic mass is 10.1. The second kappa shape index (κ2) is 5.75. The number of hydrogen-bond donors (Lipinski definition) is 1. The first-order valence-corrected chi connectivity index (χ1v) is 6.87. The molecule has 2 rings (SSSR count). The van der Waals surface area contributed by atoms with Gasteiger partial charge < -0.3 is 4.52 Å². The molecule has 1 N–H and O–H groups in total. The molecule has 19 heavy (non-hydrogen) atoms. The van der Waals surface area contributed by atoms with Crippen molar-refractivity contribution >= 4 is 39.3 Å². The monoisotopic (exact) mass is 342 g/mol. The molecule has 0 spiro atoms. The van der Waals surface area contributed by atoms with Gasteiger partial charge in [0.15, 0.2) is 0 Å². The molecule has 0 aliphatic carbocycles. The average molecular weight is 344 g/mol. The van der Waals surface area contributed by atoms with Gasteiger partial charge in [-0.15, -0.1) is 0 Å². The lowest BCUT2D eigenvalue weighted by Gasteiger charge is -2.04. The maximum atomic E-state index is 12.1. The fourth-order valence-corrected chi connectivity index (χ4v) is 2.34. The van der Waals surface area contributed by atoms with Crippen LogP contribution in [0.25, 0.3) is 0 Å². The van der Waals surface area contributed by atoms with Crippen molar-refractivity contribution in [3.05, 3.63) is 45.0 Å². The van der Waals surface area contributed by atoms with E-state index in [-0.39, 0.29) is 11.8 Å². The van der Waals surface area contributed by atoms with E-state index in [1.54, 1.807) is 24.3 Å². The van der Waals surface area contributed by atoms with E-state index < -0.39 is 0 Å². The SMILES string of the molecule is CC(C)c1cc(NC(=O)c2ccc(Cl)cc2Br)on1. The predicted octanol–water partition coefficient (Wildman–Crippen LogP) is 4.47. The summed E-state index contributed by atoms with van der Waals surface area (Å²) in [6.07, 6.45) is 0. The maximum absolute atomic E-state index is 12.1. The lowest BCUT2D eigenvalue weighted by molar-refractivity contribution is 0.102. The highest BCUT2D eigenvalue weighted by molar-refractivity contribution is 9.10. The van der Waals surface area contributed by atoms with Crippen molar-refractivity contribution in [1.82, 2.24) is 5.16 Å². The van der Waals surface area contributed by atoms with Crippen molar-refractivity contribution in [3.8, 4) is 0 Å². The van der Waals surface area contributed by atoms with Crippen molar-refractivity contribution in [2.75, 3.05) is 5.32 Å². The molecule has 1 aromatic heterocycles. The minimum Gasteiger partial charge on any atom is -0.338 e. The summed E-state index contributed by atoms with van der Waals surface area (Å²) < 4.78 is 5.68. The molecule has 6 heteroatoms. The molecule has 100 valence electrons. The third-order valence-electron chi connectivity index (χ3n) is 2.53. The molecule has 0 atom stereocenters. The third kappa shape index (κ3) is 3.36. The Morgan fingerprint density at radius 3 is 2.74 bits per heavy atom. The van der Waals surface area contributed by atoms with Crippen molar-refractivity contribution in [3.63, 3.8) is 0 Å². The minimum atomic E-state index is -0.282. The van der Waals surface area contributed by atoms with Crippen LogP contribution in [0.1, 0.15) is 35.8 Å². The molecule has 0 saturated carbocycles. The summed E-state index contributed by atoms with van der Waals surface area (Å²) in [4.78, 5) is 12.1. The molecule has 4 nitrogen and oxygen atoms in total. The first kappa shape index (κ1) is 14.1. The predicted molar refractivity (Wildman–Crippen MR) is 77.7 cm³/mol. The number of amides is 1. The number of nitrogens with one attached hydrogen (secondary N) is 1. The Morgan fingerprint density at radius 2 is 2.16 bits per heavy atom. The maximum Gasteiger partial charge on any atom is 0.259 e. The zero-order chi connectivity index (χ0) is 14.0. The number of benzene rings is 1. The van der Waals surface area contributed by atoms with E-state index in [0.717, 1.165) is 5.69 Å². The van der Waals surface area contributed by atoms with E-state index in [2.05, 4.69) is 26.4 Å². The number of hydrogen-bond acceptors (Lipinski definition) is 3. The minimum absolute atomic E-state index is 0.247. The van der Waals surface area contributed by atoms with E-state index in [0.29, 0.717) is 20.9 Å². The van der Waals surface area contributed by atoms with Crippen LogP contribution in [-0.4, -0.2) is 11.1 Å². The Morgan fingerprint density at radius 1 is 1.42 bits per heavy atom. The van der Waals surface area contributed by atoms with Gasteiger partial charge in [0.05, 0.1) is 11.3 Å². The number of rotatable bonds is 3. The Balaban J connectivity index is 2.16. The summed E-state index contributed by atoms with van der Waals surface area (Å²) in [6, 6.07) is 6.67. The molecule has 1 aromatic carbocycles. The first-order chi connectivity index (χ1) is 8.97. The highest BCUT2D eigenvalue weighted by Gasteiger charge is 2.14. The first-order valence-electron chi connectivity index (χ1n) is 5.70. The third-order valence-corrected chi connectivity index (χ3v) is 3.42. The van der Waals surface area contributed by atoms with Gasteiger partial charge in [-0.05, 0) is 40.0 Å². The summed E-state index contributed by atoms with van der Waals surface area (Å²) in [5.41, 5.74) is 1.28. The Labute approximate surface area is 124 Å². The smallest absolute Gasteiger partial charge is 0.259 e. The van der Waals surface area contributed by atoms with E-state index in [4.69, 9.17) is 16.1 Å². The van der Waals surface area contributed by atoms with Crippen LogP contribution >= 0.6 is 27.5 Å². The van der Waals surface area contributed by atoms with Gasteiger partial charge in [0.25, 0.3) is 5.91 Å². The van der Waals surface area contributed by atoms with Gasteiger partial charge in [0.1, 0.15) is 0 Å². The van der Waals surface area contributed by atoms with Gasteiger partial charge in [-0.1, -0.05) is 30.6 Å². The molecule has 0 unspecified atom stereocenters. The number of aromatic nitrogens is 1. The van der Waals surface area contributed by atoms with Crippen LogP contribution < -0.4 is 5.32 Å². The Kier molecular flexibility index (Phi) is 4.27. The average Bonchev–Trinajstić information content (AvgIpc) is 2.77. The summed E-state index contributed by atoms with van der Waals surface area (Å²) >= 11 is 9.13. The van der Waals surface area contributed by atoms with E-state index >= 15 is 0 Å². The van der Waals surface area contributed by atoms with E-state index in [9.17, 15) is 4.79 Å². The van der Waals surface area contributed by atoms with Gasteiger partial charge in [-0.25, -0.2) is 0 Å². The van der Waals surface area contributed by atoms with Gasteiger partial charge >= 0.3 is 0 Å². The molecular weight excluding hydrogens is 332 g/mol. The molecule has 1 heterocycles. The Hall–Kier alpha value is -1.33. The van der Waals surface area contributed by atoms with Crippen molar-refractivity contribution in [2.24, 2.45) is 0 Å². The zero-order valence-corrected chi connectivity index (χ0v) is 12.7. The van der Waals surface area contributed by atoms with E-state index in [1.807, 2.05) is 13.8 Å². The molecule has 1 amide bonds. The van der Waals surface area contributed by atoms with Gasteiger partial charge in [0.2, 0.25) is 5.88 Å². The highest BCUT2D eigenvalue weighted by Crippen LogP contribution is 2.23. The van der Waals surface area contributed by atoms with Crippen LogP contribution in [0.4, 0.5) is 5.88 Å². The molecule has 0 fully saturated rings. The summed E-state index contributed by atoms with van der Waals surface area (Å²) in [6.45, 7) is 4.00. The number of carbonyl (C=O) groups excluding carboxylic acids is 1. The van der Waals surface area contributed by atoms with E-state index in [1.165, 1.54) is 0 Å². The number of carbonyl (C=O) groups is 1. The fraction of sp³-hybridized carbons (Fsp3) is 0.231. The Bertz CT molecular complexity index is 610. The summed E-state index contributed by atoms with van der Waals surface area (Å²) in [7, 11) is 0. The molecule has 0 radical (unpaired) electrons. The number of halogens is 2. The quantitative estimate of drug-likeness (QED) is 0.894.